The fraction of sp³-hybridized carbons (Fsp3) is 0.650. The maximum Gasteiger partial charge on any atom is 0.261 e. The quantitative estimate of drug-likeness (QED) is 0.854. The first kappa shape index (κ1) is 18.4. The summed E-state index contributed by atoms with van der Waals surface area (Å²) in [6.07, 6.45) is 8.73. The van der Waals surface area contributed by atoms with Crippen LogP contribution in [0.1, 0.15) is 49.9 Å². The molecule has 0 amide bonds. The lowest BCUT2D eigenvalue weighted by Crippen LogP contribution is -2.55. The van der Waals surface area contributed by atoms with Crippen molar-refractivity contribution in [1.82, 2.24) is 20.4 Å². The first-order chi connectivity index (χ1) is 13.1. The van der Waals surface area contributed by atoms with Crippen molar-refractivity contribution in [3.8, 4) is 11.5 Å². The molecule has 2 atom stereocenters. The largest absolute Gasteiger partial charge is 0.390 e. The molecule has 4 rings (SSSR count). The number of piperidine rings is 1. The Labute approximate surface area is 160 Å². The third-order valence-corrected chi connectivity index (χ3v) is 5.70. The minimum absolute atomic E-state index is 0.156. The zero-order chi connectivity index (χ0) is 18.8. The van der Waals surface area contributed by atoms with Crippen LogP contribution in [-0.2, 0) is 0 Å². The Hall–Kier alpha value is -1.99. The number of β-amino-alcohol motifs (C(OH)–C–C–N with tert-alkyl or cyclic N) is 1. The Morgan fingerprint density at radius 1 is 1.19 bits per heavy atom. The van der Waals surface area contributed by atoms with Gasteiger partial charge >= 0.3 is 0 Å². The van der Waals surface area contributed by atoms with E-state index in [0.29, 0.717) is 24.3 Å². The topological polar surface area (TPSA) is 87.3 Å². The van der Waals surface area contributed by atoms with Crippen molar-refractivity contribution in [3.05, 3.63) is 23.7 Å². The van der Waals surface area contributed by atoms with Crippen molar-refractivity contribution in [1.29, 1.82) is 0 Å². The third kappa shape index (κ3) is 4.14. The van der Waals surface area contributed by atoms with Crippen LogP contribution >= 0.6 is 0 Å². The van der Waals surface area contributed by atoms with Crippen LogP contribution in [0.15, 0.2) is 16.8 Å². The lowest BCUT2D eigenvalue weighted by atomic mass is 9.92. The van der Waals surface area contributed by atoms with Gasteiger partial charge < -0.3 is 19.8 Å². The van der Waals surface area contributed by atoms with E-state index < -0.39 is 6.10 Å². The normalized spacial score (nSPS) is 24.3. The number of aliphatic hydroxyl groups is 1. The van der Waals surface area contributed by atoms with Crippen LogP contribution in [-0.4, -0.2) is 51.5 Å². The van der Waals surface area contributed by atoms with E-state index in [1.165, 1.54) is 32.1 Å². The number of nitrogens with one attached hydrogen (secondary N) is 1. The fourth-order valence-electron chi connectivity index (χ4n) is 4.27. The van der Waals surface area contributed by atoms with E-state index in [4.69, 9.17) is 4.52 Å². The summed E-state index contributed by atoms with van der Waals surface area (Å²) in [6.45, 7) is 5.21. The van der Waals surface area contributed by atoms with E-state index in [9.17, 15) is 5.11 Å². The molecular formula is C20H29N5O2. The summed E-state index contributed by atoms with van der Waals surface area (Å²) < 4.78 is 5.38. The second-order valence-electron chi connectivity index (χ2n) is 7.94. The maximum atomic E-state index is 10.8. The summed E-state index contributed by atoms with van der Waals surface area (Å²) >= 11 is 0. The number of pyridine rings is 1. The van der Waals surface area contributed by atoms with Gasteiger partial charge in [-0.3, -0.25) is 0 Å². The SMILES string of the molecule is Cc1cnc(N2CC[C@H](NC3CCCCC3)[C@H](O)C2)c(-c2nc(C)no2)c1. The molecule has 0 unspecified atom stereocenters. The number of aromatic nitrogens is 3. The van der Waals surface area contributed by atoms with Crippen molar-refractivity contribution in [2.24, 2.45) is 0 Å². The molecule has 2 aromatic heterocycles. The minimum atomic E-state index is -0.416. The fourth-order valence-corrected chi connectivity index (χ4v) is 4.27. The number of hydrogen-bond acceptors (Lipinski definition) is 7. The van der Waals surface area contributed by atoms with Gasteiger partial charge in [0.2, 0.25) is 0 Å². The molecule has 7 nitrogen and oxygen atoms in total. The Kier molecular flexibility index (Phi) is 5.41. The second kappa shape index (κ2) is 7.94. The van der Waals surface area contributed by atoms with Gasteiger partial charge in [-0.2, -0.15) is 4.98 Å². The number of aryl methyl sites for hydroxylation is 2. The lowest BCUT2D eigenvalue weighted by molar-refractivity contribution is 0.103. The van der Waals surface area contributed by atoms with E-state index >= 15 is 0 Å². The predicted molar refractivity (Wildman–Crippen MR) is 104 cm³/mol. The molecule has 3 heterocycles. The molecule has 1 aliphatic heterocycles. The number of anilines is 1. The summed E-state index contributed by atoms with van der Waals surface area (Å²) in [7, 11) is 0. The van der Waals surface area contributed by atoms with Gasteiger partial charge in [0.25, 0.3) is 5.89 Å². The van der Waals surface area contributed by atoms with Gasteiger partial charge in [-0.25, -0.2) is 4.98 Å². The highest BCUT2D eigenvalue weighted by molar-refractivity contribution is 5.70. The summed E-state index contributed by atoms with van der Waals surface area (Å²) in [5, 5.41) is 18.4. The highest BCUT2D eigenvalue weighted by Crippen LogP contribution is 2.31. The standard InChI is InChI=1S/C20H29N5O2/c1-13-10-16(20-22-14(2)24-27-20)19(21-11-13)25-9-8-17(18(26)12-25)23-15-6-4-3-5-7-15/h10-11,15,17-18,23,26H,3-9,12H2,1-2H3/t17-,18+/m0/s1. The second-order valence-corrected chi connectivity index (χ2v) is 7.94. The number of aliphatic hydroxyl groups excluding tert-OH is 1. The molecule has 2 fully saturated rings. The average Bonchev–Trinajstić information content (AvgIpc) is 3.10. The van der Waals surface area contributed by atoms with Crippen LogP contribution in [0.4, 0.5) is 5.82 Å². The Morgan fingerprint density at radius 3 is 2.70 bits per heavy atom. The third-order valence-electron chi connectivity index (χ3n) is 5.70. The monoisotopic (exact) mass is 371 g/mol. The molecule has 7 heteroatoms. The van der Waals surface area contributed by atoms with Crippen molar-refractivity contribution >= 4 is 5.82 Å². The molecule has 0 bridgehead atoms. The van der Waals surface area contributed by atoms with Crippen LogP contribution in [0.3, 0.4) is 0 Å². The van der Waals surface area contributed by atoms with Gasteiger partial charge in [0, 0.05) is 31.4 Å². The maximum absolute atomic E-state index is 10.8. The van der Waals surface area contributed by atoms with Crippen LogP contribution < -0.4 is 10.2 Å². The van der Waals surface area contributed by atoms with Gasteiger partial charge in [-0.1, -0.05) is 24.4 Å². The van der Waals surface area contributed by atoms with E-state index in [1.807, 2.05) is 26.1 Å². The summed E-state index contributed by atoms with van der Waals surface area (Å²) in [6, 6.07) is 2.73. The molecule has 0 radical (unpaired) electrons. The minimum Gasteiger partial charge on any atom is -0.390 e. The van der Waals surface area contributed by atoms with Crippen molar-refractivity contribution < 1.29 is 9.63 Å². The highest BCUT2D eigenvalue weighted by Gasteiger charge is 2.31. The Bertz CT molecular complexity index is 771. The molecule has 27 heavy (non-hydrogen) atoms. The van der Waals surface area contributed by atoms with E-state index in [2.05, 4.69) is 25.3 Å². The highest BCUT2D eigenvalue weighted by atomic mass is 16.5. The van der Waals surface area contributed by atoms with E-state index in [0.717, 1.165) is 29.9 Å². The van der Waals surface area contributed by atoms with E-state index in [1.54, 1.807) is 0 Å². The smallest absolute Gasteiger partial charge is 0.261 e. The summed E-state index contributed by atoms with van der Waals surface area (Å²) in [4.78, 5) is 11.1. The predicted octanol–water partition coefficient (Wildman–Crippen LogP) is 2.61. The van der Waals surface area contributed by atoms with Crippen LogP contribution in [0.25, 0.3) is 11.5 Å². The Morgan fingerprint density at radius 2 is 2.00 bits per heavy atom. The molecule has 0 aromatic carbocycles. The summed E-state index contributed by atoms with van der Waals surface area (Å²) in [5.74, 6) is 1.89. The van der Waals surface area contributed by atoms with Gasteiger partial charge in [0.15, 0.2) is 5.82 Å². The molecular weight excluding hydrogens is 342 g/mol. The van der Waals surface area contributed by atoms with Crippen LogP contribution in [0, 0.1) is 13.8 Å². The first-order valence-electron chi connectivity index (χ1n) is 10.1. The molecule has 1 saturated carbocycles. The van der Waals surface area contributed by atoms with Crippen molar-refractivity contribution in [2.75, 3.05) is 18.0 Å². The van der Waals surface area contributed by atoms with Gasteiger partial charge in [-0.15, -0.1) is 0 Å². The number of hydrogen-bond donors (Lipinski definition) is 2. The average molecular weight is 371 g/mol. The lowest BCUT2D eigenvalue weighted by Gasteiger charge is -2.39. The van der Waals surface area contributed by atoms with Crippen molar-refractivity contribution in [3.63, 3.8) is 0 Å². The zero-order valence-electron chi connectivity index (χ0n) is 16.2. The zero-order valence-corrected chi connectivity index (χ0v) is 16.2. The number of rotatable bonds is 4. The molecule has 2 N–H and O–H groups in total. The molecule has 146 valence electrons. The molecule has 1 saturated heterocycles. The Balaban J connectivity index is 1.49. The molecule has 1 aliphatic carbocycles. The van der Waals surface area contributed by atoms with Gasteiger partial charge in [0.1, 0.15) is 5.82 Å². The van der Waals surface area contributed by atoms with Gasteiger partial charge in [-0.05, 0) is 44.7 Å². The van der Waals surface area contributed by atoms with Crippen LogP contribution in [0.5, 0.6) is 0 Å². The molecule has 0 spiro atoms. The van der Waals surface area contributed by atoms with Crippen LogP contribution in [0.2, 0.25) is 0 Å². The van der Waals surface area contributed by atoms with E-state index in [-0.39, 0.29) is 6.04 Å². The molecule has 2 aliphatic rings. The van der Waals surface area contributed by atoms with Gasteiger partial charge in [0.05, 0.1) is 11.7 Å². The molecule has 2 aromatic rings. The number of nitrogens with zero attached hydrogens (tertiary/aromatic N) is 4. The first-order valence-corrected chi connectivity index (χ1v) is 10.1. The van der Waals surface area contributed by atoms with Crippen molar-refractivity contribution in [2.45, 2.75) is 70.6 Å². The summed E-state index contributed by atoms with van der Waals surface area (Å²) in [5.41, 5.74) is 1.88.